The van der Waals surface area contributed by atoms with Gasteiger partial charge in [0.1, 0.15) is 17.8 Å². The zero-order valence-electron chi connectivity index (χ0n) is 20.6. The number of hydrogen-bond donors (Lipinski definition) is 1. The second-order valence-corrected chi connectivity index (χ2v) is 10.2. The van der Waals surface area contributed by atoms with Gasteiger partial charge in [-0.15, -0.1) is 11.3 Å². The van der Waals surface area contributed by atoms with Gasteiger partial charge in [0.25, 0.3) is 5.91 Å². The number of benzene rings is 1. The van der Waals surface area contributed by atoms with Crippen LogP contribution in [0.4, 0.5) is 0 Å². The van der Waals surface area contributed by atoms with Crippen LogP contribution in [0.25, 0.3) is 10.4 Å². The van der Waals surface area contributed by atoms with Crippen molar-refractivity contribution in [1.82, 2.24) is 20.1 Å². The van der Waals surface area contributed by atoms with Crippen molar-refractivity contribution in [2.24, 2.45) is 5.92 Å². The van der Waals surface area contributed by atoms with E-state index in [-0.39, 0.29) is 30.2 Å². The molecular weight excluding hydrogens is 464 g/mol. The van der Waals surface area contributed by atoms with Crippen LogP contribution in [0.15, 0.2) is 41.6 Å². The van der Waals surface area contributed by atoms with Gasteiger partial charge >= 0.3 is 0 Å². The molecule has 0 aliphatic carbocycles. The van der Waals surface area contributed by atoms with Crippen molar-refractivity contribution >= 4 is 29.1 Å². The molecule has 4 rings (SSSR count). The van der Waals surface area contributed by atoms with Crippen molar-refractivity contribution in [3.63, 3.8) is 0 Å². The van der Waals surface area contributed by atoms with Gasteiger partial charge < -0.3 is 19.9 Å². The van der Waals surface area contributed by atoms with E-state index in [9.17, 15) is 14.4 Å². The maximum atomic E-state index is 13.6. The molecule has 1 fully saturated rings. The van der Waals surface area contributed by atoms with Gasteiger partial charge in [-0.05, 0) is 36.8 Å². The van der Waals surface area contributed by atoms with Crippen molar-refractivity contribution in [2.75, 3.05) is 20.2 Å². The zero-order chi connectivity index (χ0) is 25.1. The van der Waals surface area contributed by atoms with Crippen LogP contribution in [0, 0.1) is 12.8 Å². The largest absolute Gasteiger partial charge is 0.499 e. The predicted molar refractivity (Wildman–Crippen MR) is 134 cm³/mol. The molecule has 2 aliphatic heterocycles. The van der Waals surface area contributed by atoms with Crippen molar-refractivity contribution in [1.29, 1.82) is 0 Å². The lowest BCUT2D eigenvalue weighted by Crippen LogP contribution is -2.55. The molecule has 2 aromatic rings. The first-order chi connectivity index (χ1) is 16.8. The first-order valence-electron chi connectivity index (χ1n) is 11.9. The number of amides is 3. The van der Waals surface area contributed by atoms with E-state index in [0.717, 1.165) is 28.1 Å². The average Bonchev–Trinajstić information content (AvgIpc) is 3.58. The monoisotopic (exact) mass is 496 g/mol. The molecule has 0 saturated carbocycles. The first-order valence-corrected chi connectivity index (χ1v) is 12.8. The van der Waals surface area contributed by atoms with Gasteiger partial charge in [0.05, 0.1) is 29.7 Å². The Morgan fingerprint density at radius 1 is 1.26 bits per heavy atom. The summed E-state index contributed by atoms with van der Waals surface area (Å²) < 4.78 is 5.22. The topological polar surface area (TPSA) is 91.8 Å². The van der Waals surface area contributed by atoms with E-state index in [2.05, 4.69) is 10.3 Å². The van der Waals surface area contributed by atoms with E-state index in [1.807, 2.05) is 50.5 Å². The smallest absolute Gasteiger partial charge is 0.251 e. The van der Waals surface area contributed by atoms with Gasteiger partial charge in [-0.2, -0.15) is 0 Å². The number of methoxy groups -OCH3 is 1. The normalized spacial score (nSPS) is 18.7. The second kappa shape index (κ2) is 10.6. The summed E-state index contributed by atoms with van der Waals surface area (Å²) in [6, 6.07) is 6.91. The summed E-state index contributed by atoms with van der Waals surface area (Å²) >= 11 is 1.61. The third-order valence-electron chi connectivity index (χ3n) is 6.64. The lowest BCUT2D eigenvalue weighted by molar-refractivity contribution is -0.147. The molecule has 0 bridgehead atoms. The summed E-state index contributed by atoms with van der Waals surface area (Å²) in [6.45, 7) is 7.00. The third-order valence-corrected chi connectivity index (χ3v) is 7.62. The lowest BCUT2D eigenvalue weighted by atomic mass is 10.0. The average molecular weight is 497 g/mol. The Labute approximate surface area is 210 Å². The number of nitrogens with zero attached hydrogens (tertiary/aromatic N) is 3. The number of aryl methyl sites for hydroxylation is 1. The van der Waals surface area contributed by atoms with Crippen molar-refractivity contribution in [3.05, 3.63) is 52.9 Å². The highest BCUT2D eigenvalue weighted by molar-refractivity contribution is 7.13. The molecule has 3 amide bonds. The number of aromatic nitrogens is 1. The minimum atomic E-state index is -0.637. The molecule has 0 radical (unpaired) electrons. The van der Waals surface area contributed by atoms with Crippen molar-refractivity contribution in [2.45, 2.75) is 52.2 Å². The van der Waals surface area contributed by atoms with Gasteiger partial charge in [0.2, 0.25) is 11.8 Å². The van der Waals surface area contributed by atoms with E-state index in [1.165, 1.54) is 13.2 Å². The molecule has 2 unspecified atom stereocenters. The molecule has 3 heterocycles. The number of thiazole rings is 1. The summed E-state index contributed by atoms with van der Waals surface area (Å²) in [5, 5.41) is 3.00. The van der Waals surface area contributed by atoms with Gasteiger partial charge in [0, 0.05) is 19.2 Å². The minimum Gasteiger partial charge on any atom is -0.499 e. The SMILES string of the molecule is COC1=CC(=O)N(C(C(=O)N2CCCC2C(=O)NCc2ccc(-c3scnc3C)cc2)C(C)C)C1. The summed E-state index contributed by atoms with van der Waals surface area (Å²) in [6.07, 6.45) is 2.80. The minimum absolute atomic E-state index is 0.0962. The number of hydrogen-bond acceptors (Lipinski definition) is 6. The van der Waals surface area contributed by atoms with Gasteiger partial charge in [0.15, 0.2) is 0 Å². The van der Waals surface area contributed by atoms with Crippen LogP contribution in [0.1, 0.15) is 37.9 Å². The Kier molecular flexibility index (Phi) is 7.54. The molecule has 1 aromatic carbocycles. The maximum absolute atomic E-state index is 13.6. The summed E-state index contributed by atoms with van der Waals surface area (Å²) in [4.78, 5) is 47.8. The molecule has 1 N–H and O–H groups in total. The van der Waals surface area contributed by atoms with Crippen LogP contribution in [-0.4, -0.2) is 64.8 Å². The number of ether oxygens (including phenoxy) is 1. The summed E-state index contributed by atoms with van der Waals surface area (Å²) in [5.74, 6) is -0.127. The van der Waals surface area contributed by atoms with Crippen LogP contribution in [0.3, 0.4) is 0 Å². The summed E-state index contributed by atoms with van der Waals surface area (Å²) in [7, 11) is 1.52. The van der Waals surface area contributed by atoms with E-state index in [4.69, 9.17) is 4.74 Å². The Hall–Kier alpha value is -3.20. The molecule has 1 saturated heterocycles. The first kappa shape index (κ1) is 24.9. The molecule has 186 valence electrons. The van der Waals surface area contributed by atoms with Crippen LogP contribution in [0.5, 0.6) is 0 Å². The van der Waals surface area contributed by atoms with Crippen LogP contribution >= 0.6 is 11.3 Å². The van der Waals surface area contributed by atoms with Crippen LogP contribution < -0.4 is 5.32 Å². The fourth-order valence-corrected chi connectivity index (χ4v) is 5.59. The zero-order valence-corrected chi connectivity index (χ0v) is 21.4. The summed E-state index contributed by atoms with van der Waals surface area (Å²) in [5.41, 5.74) is 4.94. The number of carbonyl (C=O) groups is 3. The molecule has 0 spiro atoms. The maximum Gasteiger partial charge on any atom is 0.251 e. The highest BCUT2D eigenvalue weighted by atomic mass is 32.1. The Morgan fingerprint density at radius 2 is 2.00 bits per heavy atom. The molecule has 2 atom stereocenters. The third kappa shape index (κ3) is 5.24. The van der Waals surface area contributed by atoms with Gasteiger partial charge in [-0.3, -0.25) is 14.4 Å². The molecular formula is C26H32N4O4S. The van der Waals surface area contributed by atoms with Crippen molar-refractivity contribution < 1.29 is 19.1 Å². The standard InChI is InChI=1S/C26H32N4O4S/c1-16(2)23(30-14-20(34-4)12-22(30)31)26(33)29-11-5-6-21(29)25(32)27-13-18-7-9-19(10-8-18)24-17(3)28-15-35-24/h7-10,12,15-16,21,23H,5-6,11,13-14H2,1-4H3,(H,27,32). The second-order valence-electron chi connectivity index (χ2n) is 9.34. The number of nitrogens with one attached hydrogen (secondary N) is 1. The Balaban J connectivity index is 1.39. The Morgan fingerprint density at radius 3 is 2.60 bits per heavy atom. The fraction of sp³-hybridized carbons (Fsp3) is 0.462. The fourth-order valence-electron chi connectivity index (χ4n) is 4.78. The number of carbonyl (C=O) groups excluding carboxylic acids is 3. The molecule has 9 heteroatoms. The van der Waals surface area contributed by atoms with Gasteiger partial charge in [-0.25, -0.2) is 4.98 Å². The quantitative estimate of drug-likeness (QED) is 0.606. The van der Waals surface area contributed by atoms with Crippen LogP contribution in [-0.2, 0) is 25.7 Å². The molecule has 8 nitrogen and oxygen atoms in total. The Bertz CT molecular complexity index is 1120. The molecule has 35 heavy (non-hydrogen) atoms. The highest BCUT2D eigenvalue weighted by Gasteiger charge is 2.42. The van der Waals surface area contributed by atoms with Crippen LogP contribution in [0.2, 0.25) is 0 Å². The van der Waals surface area contributed by atoms with E-state index in [0.29, 0.717) is 25.3 Å². The van der Waals surface area contributed by atoms with E-state index < -0.39 is 12.1 Å². The lowest BCUT2D eigenvalue weighted by Gasteiger charge is -2.35. The molecule has 1 aromatic heterocycles. The van der Waals surface area contributed by atoms with E-state index in [1.54, 1.807) is 21.1 Å². The number of rotatable bonds is 8. The number of likely N-dealkylation sites (tertiary alicyclic amines) is 1. The predicted octanol–water partition coefficient (Wildman–Crippen LogP) is 3.12. The van der Waals surface area contributed by atoms with E-state index >= 15 is 0 Å². The highest BCUT2D eigenvalue weighted by Crippen LogP contribution is 2.28. The van der Waals surface area contributed by atoms with Crippen molar-refractivity contribution in [3.8, 4) is 10.4 Å². The molecule has 2 aliphatic rings. The van der Waals surface area contributed by atoms with Gasteiger partial charge in [-0.1, -0.05) is 38.1 Å².